The number of hydrogen-bond donors (Lipinski definition) is 1. The molecule has 0 saturated heterocycles. The standard InChI is InChI=1S/C16H17ClN2O5S/c1-11-6-8-12(9-7-11)25(21,22)19(10-15(20)24-18)14-5-3-4-13(17)16(14)23-2/h3-9H,10,18H2,1-2H3. The van der Waals surface area contributed by atoms with Gasteiger partial charge in [0.05, 0.1) is 22.7 Å². The summed E-state index contributed by atoms with van der Waals surface area (Å²) >= 11 is 6.07. The molecule has 0 aliphatic heterocycles. The van der Waals surface area contributed by atoms with E-state index in [1.165, 1.54) is 25.3 Å². The number of rotatable bonds is 6. The Labute approximate surface area is 150 Å². The minimum absolute atomic E-state index is 0.00458. The molecule has 2 aromatic carbocycles. The van der Waals surface area contributed by atoms with Gasteiger partial charge in [0.1, 0.15) is 6.54 Å². The zero-order valence-corrected chi connectivity index (χ0v) is 15.2. The van der Waals surface area contributed by atoms with Crippen LogP contribution in [0.3, 0.4) is 0 Å². The summed E-state index contributed by atoms with van der Waals surface area (Å²) in [6.07, 6.45) is 0. The van der Waals surface area contributed by atoms with Gasteiger partial charge in [0.25, 0.3) is 10.0 Å². The first kappa shape index (κ1) is 19.0. The van der Waals surface area contributed by atoms with Gasteiger partial charge in [0, 0.05) is 0 Å². The Morgan fingerprint density at radius 1 is 1.20 bits per heavy atom. The highest BCUT2D eigenvalue weighted by Crippen LogP contribution is 2.37. The van der Waals surface area contributed by atoms with Crippen molar-refractivity contribution in [1.82, 2.24) is 0 Å². The van der Waals surface area contributed by atoms with Crippen molar-refractivity contribution < 1.29 is 22.8 Å². The molecule has 0 fully saturated rings. The third kappa shape index (κ3) is 4.04. The van der Waals surface area contributed by atoms with Gasteiger partial charge in [-0.1, -0.05) is 35.4 Å². The van der Waals surface area contributed by atoms with Crippen LogP contribution in [0, 0.1) is 6.92 Å². The molecular weight excluding hydrogens is 368 g/mol. The van der Waals surface area contributed by atoms with Gasteiger partial charge in [-0.05, 0) is 31.2 Å². The number of ether oxygens (including phenoxy) is 1. The first-order valence-corrected chi connectivity index (χ1v) is 8.94. The maximum Gasteiger partial charge on any atom is 0.345 e. The topological polar surface area (TPSA) is 98.9 Å². The average Bonchev–Trinajstić information content (AvgIpc) is 2.59. The smallest absolute Gasteiger partial charge is 0.345 e. The Morgan fingerprint density at radius 3 is 2.40 bits per heavy atom. The van der Waals surface area contributed by atoms with Crippen LogP contribution in [0.2, 0.25) is 5.02 Å². The van der Waals surface area contributed by atoms with Crippen molar-refractivity contribution in [3.63, 3.8) is 0 Å². The fraction of sp³-hybridized carbons (Fsp3) is 0.188. The number of nitrogens with two attached hydrogens (primary N) is 1. The van der Waals surface area contributed by atoms with Crippen molar-refractivity contribution in [1.29, 1.82) is 0 Å². The van der Waals surface area contributed by atoms with Crippen LogP contribution in [-0.2, 0) is 19.7 Å². The number of nitrogens with zero attached hydrogens (tertiary/aromatic N) is 1. The predicted molar refractivity (Wildman–Crippen MR) is 94.0 cm³/mol. The highest BCUT2D eigenvalue weighted by atomic mass is 35.5. The van der Waals surface area contributed by atoms with E-state index in [0.29, 0.717) is 0 Å². The number of sulfonamides is 1. The van der Waals surface area contributed by atoms with E-state index in [4.69, 9.17) is 22.2 Å². The highest BCUT2D eigenvalue weighted by molar-refractivity contribution is 7.92. The summed E-state index contributed by atoms with van der Waals surface area (Å²) in [6.45, 7) is 1.20. The molecule has 0 spiro atoms. The quantitative estimate of drug-likeness (QED) is 0.767. The molecule has 2 rings (SSSR count). The number of benzene rings is 2. The summed E-state index contributed by atoms with van der Waals surface area (Å²) in [5, 5.41) is 0.199. The fourth-order valence-electron chi connectivity index (χ4n) is 2.19. The maximum atomic E-state index is 13.1. The van der Waals surface area contributed by atoms with Gasteiger partial charge in [0.15, 0.2) is 5.75 Å². The van der Waals surface area contributed by atoms with Crippen LogP contribution in [0.4, 0.5) is 5.69 Å². The largest absolute Gasteiger partial charge is 0.493 e. The number of methoxy groups -OCH3 is 1. The summed E-state index contributed by atoms with van der Waals surface area (Å²) in [5.41, 5.74) is 0.994. The van der Waals surface area contributed by atoms with E-state index in [1.54, 1.807) is 24.3 Å². The lowest BCUT2D eigenvalue weighted by atomic mass is 10.2. The normalized spacial score (nSPS) is 11.0. The van der Waals surface area contributed by atoms with Crippen LogP contribution in [-0.4, -0.2) is 28.0 Å². The number of anilines is 1. The zero-order chi connectivity index (χ0) is 18.6. The third-order valence-electron chi connectivity index (χ3n) is 3.43. The molecule has 25 heavy (non-hydrogen) atoms. The van der Waals surface area contributed by atoms with Crippen LogP contribution in [0.1, 0.15) is 5.56 Å². The average molecular weight is 385 g/mol. The molecular formula is C16H17ClN2O5S. The Morgan fingerprint density at radius 2 is 1.84 bits per heavy atom. The van der Waals surface area contributed by atoms with Crippen LogP contribution < -0.4 is 14.9 Å². The Bertz CT molecular complexity index is 869. The van der Waals surface area contributed by atoms with Crippen LogP contribution in [0.25, 0.3) is 0 Å². The van der Waals surface area contributed by atoms with Gasteiger partial charge in [-0.2, -0.15) is 5.90 Å². The summed E-state index contributed by atoms with van der Waals surface area (Å²) in [7, 11) is -2.74. The molecule has 9 heteroatoms. The molecule has 0 saturated carbocycles. The van der Waals surface area contributed by atoms with E-state index >= 15 is 0 Å². The molecule has 0 heterocycles. The van der Waals surface area contributed by atoms with E-state index in [1.807, 2.05) is 6.92 Å². The Hall–Kier alpha value is -2.29. The molecule has 0 aromatic heterocycles. The minimum atomic E-state index is -4.09. The number of para-hydroxylation sites is 1. The van der Waals surface area contributed by atoms with E-state index in [0.717, 1.165) is 9.87 Å². The number of carbonyl (C=O) groups excluding carboxylic acids is 1. The molecule has 0 aliphatic rings. The molecule has 2 aromatic rings. The Kier molecular flexibility index (Phi) is 5.89. The molecule has 0 atom stereocenters. The van der Waals surface area contributed by atoms with Gasteiger partial charge < -0.3 is 9.57 Å². The third-order valence-corrected chi connectivity index (χ3v) is 5.50. The highest BCUT2D eigenvalue weighted by Gasteiger charge is 2.30. The second-order valence-electron chi connectivity index (χ2n) is 5.11. The molecule has 0 amide bonds. The van der Waals surface area contributed by atoms with E-state index < -0.39 is 22.5 Å². The minimum Gasteiger partial charge on any atom is -0.493 e. The number of aryl methyl sites for hydroxylation is 1. The number of halogens is 1. The summed E-state index contributed by atoms with van der Waals surface area (Å²) < 4.78 is 32.2. The second-order valence-corrected chi connectivity index (χ2v) is 7.38. The van der Waals surface area contributed by atoms with Crippen molar-refractivity contribution in [3.8, 4) is 5.75 Å². The lowest BCUT2D eigenvalue weighted by molar-refractivity contribution is -0.142. The maximum absolute atomic E-state index is 13.1. The van der Waals surface area contributed by atoms with Gasteiger partial charge >= 0.3 is 5.97 Å². The van der Waals surface area contributed by atoms with Gasteiger partial charge in [0.2, 0.25) is 0 Å². The molecule has 0 bridgehead atoms. The molecule has 134 valence electrons. The second kappa shape index (κ2) is 7.73. The number of carbonyl (C=O) groups is 1. The zero-order valence-electron chi connectivity index (χ0n) is 13.6. The molecule has 2 N–H and O–H groups in total. The van der Waals surface area contributed by atoms with Gasteiger partial charge in [-0.3, -0.25) is 4.31 Å². The fourth-order valence-corrected chi connectivity index (χ4v) is 3.85. The van der Waals surface area contributed by atoms with Gasteiger partial charge in [-0.25, -0.2) is 13.2 Å². The first-order valence-electron chi connectivity index (χ1n) is 7.12. The van der Waals surface area contributed by atoms with Crippen molar-refractivity contribution in [2.45, 2.75) is 11.8 Å². The summed E-state index contributed by atoms with van der Waals surface area (Å²) in [6, 6.07) is 10.8. The van der Waals surface area contributed by atoms with Crippen molar-refractivity contribution >= 4 is 33.3 Å². The van der Waals surface area contributed by atoms with Crippen LogP contribution in [0.15, 0.2) is 47.4 Å². The van der Waals surface area contributed by atoms with Crippen LogP contribution in [0.5, 0.6) is 5.75 Å². The summed E-state index contributed by atoms with van der Waals surface area (Å²) in [5.74, 6) is 4.06. The van der Waals surface area contributed by atoms with Crippen LogP contribution >= 0.6 is 11.6 Å². The SMILES string of the molecule is COc1c(Cl)cccc1N(CC(=O)ON)S(=O)(=O)c1ccc(C)cc1. The van der Waals surface area contributed by atoms with Crippen molar-refractivity contribution in [2.24, 2.45) is 5.90 Å². The van der Waals surface area contributed by atoms with E-state index in [9.17, 15) is 13.2 Å². The van der Waals surface area contributed by atoms with Gasteiger partial charge in [-0.15, -0.1) is 0 Å². The van der Waals surface area contributed by atoms with Crippen molar-refractivity contribution in [2.75, 3.05) is 18.0 Å². The van der Waals surface area contributed by atoms with E-state index in [2.05, 4.69) is 4.84 Å². The monoisotopic (exact) mass is 384 g/mol. The lowest BCUT2D eigenvalue weighted by Gasteiger charge is -2.25. The Balaban J connectivity index is 2.63. The number of hydrogen-bond acceptors (Lipinski definition) is 6. The molecule has 7 nitrogen and oxygen atoms in total. The molecule has 0 aliphatic carbocycles. The van der Waals surface area contributed by atoms with Crippen molar-refractivity contribution in [3.05, 3.63) is 53.1 Å². The first-order chi connectivity index (χ1) is 11.8. The summed E-state index contributed by atoms with van der Waals surface area (Å²) in [4.78, 5) is 15.8. The van der Waals surface area contributed by atoms with E-state index in [-0.39, 0.29) is 21.4 Å². The predicted octanol–water partition coefficient (Wildman–Crippen LogP) is 2.27. The molecule has 0 unspecified atom stereocenters. The lowest BCUT2D eigenvalue weighted by Crippen LogP contribution is -2.37. The molecule has 0 radical (unpaired) electrons.